The molecule has 1 fully saturated rings. The summed E-state index contributed by atoms with van der Waals surface area (Å²) in [6, 6.07) is 0. The standard InChI is InChI=1S/C6H10O6/c7-2-6(11)4(9)3(8)1-12-5(6)10/h3-4,7-9,11H,1-2H2. The van der Waals surface area contributed by atoms with Crippen molar-refractivity contribution in [2.45, 2.75) is 17.8 Å². The van der Waals surface area contributed by atoms with Crippen LogP contribution in [0.5, 0.6) is 0 Å². The molecule has 1 saturated heterocycles. The Morgan fingerprint density at radius 3 is 2.58 bits per heavy atom. The summed E-state index contributed by atoms with van der Waals surface area (Å²) in [5.41, 5.74) is -2.39. The van der Waals surface area contributed by atoms with E-state index in [2.05, 4.69) is 4.74 Å². The Bertz CT molecular complexity index is 192. The summed E-state index contributed by atoms with van der Waals surface area (Å²) in [6.45, 7) is -1.35. The van der Waals surface area contributed by atoms with Gasteiger partial charge in [-0.15, -0.1) is 0 Å². The Balaban J connectivity index is 2.85. The van der Waals surface area contributed by atoms with Crippen molar-refractivity contribution in [3.63, 3.8) is 0 Å². The van der Waals surface area contributed by atoms with Crippen LogP contribution in [-0.4, -0.2) is 57.4 Å². The Morgan fingerprint density at radius 1 is 1.58 bits per heavy atom. The van der Waals surface area contributed by atoms with Crippen molar-refractivity contribution in [1.29, 1.82) is 0 Å². The van der Waals surface area contributed by atoms with E-state index in [1.54, 1.807) is 0 Å². The predicted octanol–water partition coefficient (Wildman–Crippen LogP) is -3.01. The van der Waals surface area contributed by atoms with E-state index in [4.69, 9.17) is 15.3 Å². The van der Waals surface area contributed by atoms with Gasteiger partial charge in [0.25, 0.3) is 0 Å². The second-order valence-electron chi connectivity index (χ2n) is 2.69. The van der Waals surface area contributed by atoms with Crippen molar-refractivity contribution in [1.82, 2.24) is 0 Å². The maximum absolute atomic E-state index is 10.8. The lowest BCUT2D eigenvalue weighted by Crippen LogP contribution is -2.62. The summed E-state index contributed by atoms with van der Waals surface area (Å²) >= 11 is 0. The second-order valence-corrected chi connectivity index (χ2v) is 2.69. The van der Waals surface area contributed by atoms with Gasteiger partial charge in [-0.25, -0.2) is 4.79 Å². The lowest BCUT2D eigenvalue weighted by Gasteiger charge is -2.35. The third kappa shape index (κ3) is 1.18. The van der Waals surface area contributed by atoms with Crippen LogP contribution in [0, 0.1) is 0 Å². The molecule has 0 amide bonds. The van der Waals surface area contributed by atoms with Crippen molar-refractivity contribution in [2.75, 3.05) is 13.2 Å². The lowest BCUT2D eigenvalue weighted by molar-refractivity contribution is -0.220. The molecule has 12 heavy (non-hydrogen) atoms. The Hall–Kier alpha value is -0.690. The molecule has 4 N–H and O–H groups in total. The van der Waals surface area contributed by atoms with Gasteiger partial charge in [-0.1, -0.05) is 0 Å². The van der Waals surface area contributed by atoms with Gasteiger partial charge in [-0.3, -0.25) is 0 Å². The van der Waals surface area contributed by atoms with Crippen molar-refractivity contribution >= 4 is 5.97 Å². The van der Waals surface area contributed by atoms with Crippen molar-refractivity contribution < 1.29 is 30.0 Å². The smallest absolute Gasteiger partial charge is 0.343 e. The monoisotopic (exact) mass is 178 g/mol. The van der Waals surface area contributed by atoms with E-state index in [1.807, 2.05) is 0 Å². The highest BCUT2D eigenvalue weighted by Crippen LogP contribution is 2.20. The molecule has 6 heteroatoms. The second kappa shape index (κ2) is 2.98. The predicted molar refractivity (Wildman–Crippen MR) is 35.0 cm³/mol. The van der Waals surface area contributed by atoms with Gasteiger partial charge in [0.15, 0.2) is 0 Å². The molecule has 0 aromatic rings. The summed E-state index contributed by atoms with van der Waals surface area (Å²) < 4.78 is 4.31. The van der Waals surface area contributed by atoms with Gasteiger partial charge < -0.3 is 25.2 Å². The maximum atomic E-state index is 10.8. The fraction of sp³-hybridized carbons (Fsp3) is 0.833. The van der Waals surface area contributed by atoms with Gasteiger partial charge >= 0.3 is 5.97 Å². The average Bonchev–Trinajstić information content (AvgIpc) is 2.08. The molecule has 3 atom stereocenters. The Labute approximate surface area is 68.0 Å². The first kappa shape index (κ1) is 9.40. The molecule has 1 aliphatic rings. The van der Waals surface area contributed by atoms with Gasteiger partial charge in [0.1, 0.15) is 18.8 Å². The third-order valence-electron chi connectivity index (χ3n) is 1.83. The molecular weight excluding hydrogens is 168 g/mol. The molecule has 0 radical (unpaired) electrons. The van der Waals surface area contributed by atoms with E-state index in [-0.39, 0.29) is 6.61 Å². The number of aliphatic hydroxyl groups excluding tert-OH is 3. The largest absolute Gasteiger partial charge is 0.461 e. The zero-order valence-corrected chi connectivity index (χ0v) is 6.17. The SMILES string of the molecule is O=C1OCC(O)C(O)C1(O)CO. The third-order valence-corrected chi connectivity index (χ3v) is 1.83. The number of hydrogen-bond donors (Lipinski definition) is 4. The van der Waals surface area contributed by atoms with Crippen LogP contribution in [0.25, 0.3) is 0 Å². The number of carbonyl (C=O) groups excluding carboxylic acids is 1. The highest BCUT2D eigenvalue weighted by Gasteiger charge is 2.51. The zero-order chi connectivity index (χ0) is 9.35. The van der Waals surface area contributed by atoms with E-state index in [1.165, 1.54) is 0 Å². The van der Waals surface area contributed by atoms with Gasteiger partial charge in [-0.2, -0.15) is 0 Å². The van der Waals surface area contributed by atoms with E-state index in [0.29, 0.717) is 0 Å². The summed E-state index contributed by atoms with van der Waals surface area (Å²) in [5, 5.41) is 35.9. The number of ether oxygens (including phenoxy) is 1. The molecule has 70 valence electrons. The molecule has 0 aliphatic carbocycles. The summed E-state index contributed by atoms with van der Waals surface area (Å²) in [4.78, 5) is 10.8. The fourth-order valence-corrected chi connectivity index (χ4v) is 0.974. The number of esters is 1. The fourth-order valence-electron chi connectivity index (χ4n) is 0.974. The number of cyclic esters (lactones) is 1. The molecule has 0 aromatic heterocycles. The first-order valence-corrected chi connectivity index (χ1v) is 3.39. The lowest BCUT2D eigenvalue weighted by atomic mass is 9.91. The molecule has 0 saturated carbocycles. The van der Waals surface area contributed by atoms with Crippen LogP contribution in [0.4, 0.5) is 0 Å². The van der Waals surface area contributed by atoms with E-state index >= 15 is 0 Å². The first-order valence-electron chi connectivity index (χ1n) is 3.39. The number of carbonyl (C=O) groups is 1. The van der Waals surface area contributed by atoms with Gasteiger partial charge in [-0.05, 0) is 0 Å². The van der Waals surface area contributed by atoms with E-state index in [9.17, 15) is 9.90 Å². The molecule has 6 nitrogen and oxygen atoms in total. The first-order chi connectivity index (χ1) is 5.52. The molecule has 0 bridgehead atoms. The highest BCUT2D eigenvalue weighted by molar-refractivity contribution is 5.81. The van der Waals surface area contributed by atoms with Gasteiger partial charge in [0.2, 0.25) is 5.60 Å². The Morgan fingerprint density at radius 2 is 2.17 bits per heavy atom. The molecule has 1 heterocycles. The van der Waals surface area contributed by atoms with Crippen LogP contribution in [0.3, 0.4) is 0 Å². The maximum Gasteiger partial charge on any atom is 0.343 e. The average molecular weight is 178 g/mol. The quantitative estimate of drug-likeness (QED) is 0.318. The number of hydrogen-bond acceptors (Lipinski definition) is 6. The van der Waals surface area contributed by atoms with Crippen LogP contribution >= 0.6 is 0 Å². The highest BCUT2D eigenvalue weighted by atomic mass is 16.6. The minimum Gasteiger partial charge on any atom is -0.461 e. The summed E-state index contributed by atoms with van der Waals surface area (Å²) in [7, 11) is 0. The van der Waals surface area contributed by atoms with Crippen molar-refractivity contribution in [2.24, 2.45) is 0 Å². The van der Waals surface area contributed by atoms with E-state index in [0.717, 1.165) is 0 Å². The van der Waals surface area contributed by atoms with Crippen molar-refractivity contribution in [3.05, 3.63) is 0 Å². The summed E-state index contributed by atoms with van der Waals surface area (Å²) in [6.07, 6.45) is -3.07. The minimum absolute atomic E-state index is 0.373. The number of aliphatic hydroxyl groups is 4. The van der Waals surface area contributed by atoms with Crippen LogP contribution in [0.2, 0.25) is 0 Å². The molecule has 0 spiro atoms. The van der Waals surface area contributed by atoms with Crippen LogP contribution < -0.4 is 0 Å². The van der Waals surface area contributed by atoms with E-state index < -0.39 is 30.4 Å². The van der Waals surface area contributed by atoms with Gasteiger partial charge in [0.05, 0.1) is 6.61 Å². The van der Waals surface area contributed by atoms with Crippen molar-refractivity contribution in [3.8, 4) is 0 Å². The normalized spacial score (nSPS) is 42.5. The Kier molecular flexibility index (Phi) is 2.34. The topological polar surface area (TPSA) is 107 Å². The molecular formula is C6H10O6. The van der Waals surface area contributed by atoms with Crippen LogP contribution in [0.15, 0.2) is 0 Å². The van der Waals surface area contributed by atoms with Gasteiger partial charge in [0, 0.05) is 0 Å². The summed E-state index contributed by atoms with van der Waals surface area (Å²) in [5.74, 6) is -1.12. The van der Waals surface area contributed by atoms with Crippen LogP contribution in [0.1, 0.15) is 0 Å². The molecule has 1 aliphatic heterocycles. The minimum atomic E-state index is -2.39. The molecule has 0 aromatic carbocycles. The molecule has 3 unspecified atom stereocenters. The molecule has 1 rings (SSSR count). The number of rotatable bonds is 1. The zero-order valence-electron chi connectivity index (χ0n) is 6.17. The van der Waals surface area contributed by atoms with Crippen LogP contribution in [-0.2, 0) is 9.53 Å².